The highest BCUT2D eigenvalue weighted by atomic mass is 32.2. The van der Waals surface area contributed by atoms with E-state index in [2.05, 4.69) is 31.2 Å². The third kappa shape index (κ3) is 5.56. The Morgan fingerprint density at radius 1 is 0.969 bits per heavy atom. The van der Waals surface area contributed by atoms with Gasteiger partial charge in [-0.1, -0.05) is 17.8 Å². The molecule has 1 fully saturated rings. The summed E-state index contributed by atoms with van der Waals surface area (Å²) >= 11 is 1.39. The average Bonchev–Trinajstić information content (AvgIpc) is 2.78. The zero-order chi connectivity index (χ0) is 22.5. The monoisotopic (exact) mass is 451 g/mol. The highest BCUT2D eigenvalue weighted by Crippen LogP contribution is 2.28. The molecule has 0 bridgehead atoms. The molecule has 0 atom stereocenters. The molecule has 0 aliphatic carbocycles. The van der Waals surface area contributed by atoms with Crippen LogP contribution in [0, 0.1) is 19.7 Å². The number of hydrogen-bond acceptors (Lipinski definition) is 6. The van der Waals surface area contributed by atoms with E-state index in [1.54, 1.807) is 12.4 Å². The molecular weight excluding hydrogens is 425 g/mol. The largest absolute Gasteiger partial charge is 0.368 e. The van der Waals surface area contributed by atoms with E-state index in [1.165, 1.54) is 23.9 Å². The number of halogens is 1. The molecule has 0 spiro atoms. The summed E-state index contributed by atoms with van der Waals surface area (Å²) in [4.78, 5) is 25.9. The summed E-state index contributed by atoms with van der Waals surface area (Å²) in [5.74, 6) is 0.761. The maximum Gasteiger partial charge on any atom is 0.234 e. The Morgan fingerprint density at radius 2 is 1.59 bits per heavy atom. The van der Waals surface area contributed by atoms with E-state index >= 15 is 0 Å². The lowest BCUT2D eigenvalue weighted by Gasteiger charge is -2.37. The lowest BCUT2D eigenvalue weighted by molar-refractivity contribution is -0.113. The van der Waals surface area contributed by atoms with Crippen LogP contribution in [0.2, 0.25) is 0 Å². The van der Waals surface area contributed by atoms with E-state index < -0.39 is 0 Å². The molecule has 8 heteroatoms. The first-order chi connectivity index (χ1) is 15.5. The molecule has 6 nitrogen and oxygen atoms in total. The van der Waals surface area contributed by atoms with Crippen LogP contribution in [0.15, 0.2) is 59.9 Å². The molecule has 3 aromatic rings. The van der Waals surface area contributed by atoms with E-state index in [-0.39, 0.29) is 17.5 Å². The second-order valence-electron chi connectivity index (χ2n) is 7.85. The summed E-state index contributed by atoms with van der Waals surface area (Å²) in [6.45, 7) is 7.19. The topological polar surface area (TPSA) is 61.4 Å². The Balaban J connectivity index is 1.35. The molecule has 1 aliphatic rings. The first kappa shape index (κ1) is 22.1. The van der Waals surface area contributed by atoms with Crippen molar-refractivity contribution in [2.45, 2.75) is 18.9 Å². The van der Waals surface area contributed by atoms with Crippen molar-refractivity contribution in [3.63, 3.8) is 0 Å². The number of benzene rings is 2. The second kappa shape index (κ2) is 9.99. The lowest BCUT2D eigenvalue weighted by atomic mass is 10.1. The molecule has 1 aromatic heterocycles. The molecule has 166 valence electrons. The van der Waals surface area contributed by atoms with Crippen LogP contribution in [0.4, 0.5) is 21.6 Å². The molecule has 0 radical (unpaired) electrons. The fraction of sp³-hybridized carbons (Fsp3) is 0.292. The van der Waals surface area contributed by atoms with Crippen molar-refractivity contribution in [1.82, 2.24) is 9.97 Å². The Bertz CT molecular complexity index is 1060. The number of aryl methyl sites for hydroxylation is 2. The van der Waals surface area contributed by atoms with Gasteiger partial charge in [0.1, 0.15) is 10.8 Å². The van der Waals surface area contributed by atoms with Crippen LogP contribution in [0.1, 0.15) is 11.1 Å². The van der Waals surface area contributed by atoms with Gasteiger partial charge in [-0.3, -0.25) is 4.79 Å². The Labute approximate surface area is 191 Å². The number of carbonyl (C=O) groups is 1. The van der Waals surface area contributed by atoms with Crippen molar-refractivity contribution < 1.29 is 9.18 Å². The zero-order valence-corrected chi connectivity index (χ0v) is 19.0. The number of thioether (sulfide) groups is 1. The molecule has 2 aromatic carbocycles. The fourth-order valence-corrected chi connectivity index (χ4v) is 4.63. The summed E-state index contributed by atoms with van der Waals surface area (Å²) in [6, 6.07) is 12.6. The Kier molecular flexibility index (Phi) is 6.90. The highest BCUT2D eigenvalue weighted by molar-refractivity contribution is 8.00. The van der Waals surface area contributed by atoms with Crippen molar-refractivity contribution in [1.29, 1.82) is 0 Å². The van der Waals surface area contributed by atoms with Crippen molar-refractivity contribution in [2.75, 3.05) is 47.0 Å². The number of amides is 1. The van der Waals surface area contributed by atoms with Crippen LogP contribution in [0.25, 0.3) is 0 Å². The summed E-state index contributed by atoms with van der Waals surface area (Å²) in [6.07, 6.45) is 3.34. The van der Waals surface area contributed by atoms with Crippen molar-refractivity contribution in [2.24, 2.45) is 0 Å². The fourth-order valence-electron chi connectivity index (χ4n) is 3.84. The maximum absolute atomic E-state index is 13.2. The number of rotatable bonds is 6. The number of nitrogens with zero attached hydrogens (tertiary/aromatic N) is 4. The third-order valence-corrected chi connectivity index (χ3v) is 6.23. The van der Waals surface area contributed by atoms with Gasteiger partial charge in [0.15, 0.2) is 5.82 Å². The maximum atomic E-state index is 13.2. The van der Waals surface area contributed by atoms with Gasteiger partial charge in [0.2, 0.25) is 5.91 Å². The van der Waals surface area contributed by atoms with Crippen LogP contribution < -0.4 is 15.1 Å². The summed E-state index contributed by atoms with van der Waals surface area (Å²) in [7, 11) is 0. The first-order valence-corrected chi connectivity index (χ1v) is 11.5. The predicted molar refractivity (Wildman–Crippen MR) is 128 cm³/mol. The number of aromatic nitrogens is 2. The summed E-state index contributed by atoms with van der Waals surface area (Å²) < 4.78 is 13.2. The number of anilines is 3. The molecular formula is C24H26FN5OS. The van der Waals surface area contributed by atoms with Crippen LogP contribution in [-0.2, 0) is 4.79 Å². The molecule has 0 saturated carbocycles. The van der Waals surface area contributed by atoms with E-state index in [0.717, 1.165) is 59.5 Å². The zero-order valence-electron chi connectivity index (χ0n) is 18.2. The minimum absolute atomic E-state index is 0.0715. The number of piperazine rings is 1. The van der Waals surface area contributed by atoms with E-state index in [1.807, 2.05) is 38.1 Å². The van der Waals surface area contributed by atoms with Gasteiger partial charge >= 0.3 is 0 Å². The Hall–Kier alpha value is -3.13. The van der Waals surface area contributed by atoms with Crippen LogP contribution in [-0.4, -0.2) is 47.8 Å². The van der Waals surface area contributed by atoms with Gasteiger partial charge in [-0.05, 0) is 61.4 Å². The first-order valence-electron chi connectivity index (χ1n) is 10.6. The minimum Gasteiger partial charge on any atom is -0.368 e. The van der Waals surface area contributed by atoms with Crippen LogP contribution in [0.5, 0.6) is 0 Å². The van der Waals surface area contributed by atoms with Gasteiger partial charge in [0, 0.05) is 49.9 Å². The molecule has 32 heavy (non-hydrogen) atoms. The molecule has 0 unspecified atom stereocenters. The smallest absolute Gasteiger partial charge is 0.234 e. The number of carbonyl (C=O) groups excluding carboxylic acids is 1. The van der Waals surface area contributed by atoms with E-state index in [4.69, 9.17) is 0 Å². The highest BCUT2D eigenvalue weighted by Gasteiger charge is 2.21. The predicted octanol–water partition coefficient (Wildman–Crippen LogP) is 4.29. The minimum atomic E-state index is -0.227. The molecule has 1 saturated heterocycles. The van der Waals surface area contributed by atoms with Gasteiger partial charge in [-0.15, -0.1) is 0 Å². The normalized spacial score (nSPS) is 13.8. The van der Waals surface area contributed by atoms with Gasteiger partial charge in [-0.25, -0.2) is 14.4 Å². The quantitative estimate of drug-likeness (QED) is 0.564. The standard InChI is InChI=1S/C24H26FN5OS/c1-17-13-18(2)15-20(14-17)28-22(31)16-32-24-23(26-7-8-27-24)30-11-9-29(10-12-30)21-5-3-19(25)4-6-21/h3-8,13-15H,9-12,16H2,1-2H3,(H,28,31). The third-order valence-electron chi connectivity index (χ3n) is 5.26. The number of nitrogens with one attached hydrogen (secondary N) is 1. The lowest BCUT2D eigenvalue weighted by Crippen LogP contribution is -2.47. The Morgan fingerprint density at radius 3 is 2.28 bits per heavy atom. The SMILES string of the molecule is Cc1cc(C)cc(NC(=O)CSc2nccnc2N2CCN(c3ccc(F)cc3)CC2)c1. The van der Waals surface area contributed by atoms with Crippen LogP contribution in [0.3, 0.4) is 0 Å². The van der Waals surface area contributed by atoms with Gasteiger partial charge in [0.25, 0.3) is 0 Å². The molecule has 2 heterocycles. The molecule has 4 rings (SSSR count). The van der Waals surface area contributed by atoms with Gasteiger partial charge in [0.05, 0.1) is 5.75 Å². The number of hydrogen-bond donors (Lipinski definition) is 1. The van der Waals surface area contributed by atoms with Gasteiger partial charge < -0.3 is 15.1 Å². The average molecular weight is 452 g/mol. The molecule has 1 N–H and O–H groups in total. The summed E-state index contributed by atoms with van der Waals surface area (Å²) in [5.41, 5.74) is 4.06. The van der Waals surface area contributed by atoms with Gasteiger partial charge in [-0.2, -0.15) is 0 Å². The van der Waals surface area contributed by atoms with Crippen molar-refractivity contribution >= 4 is 34.9 Å². The summed E-state index contributed by atoms with van der Waals surface area (Å²) in [5, 5.41) is 3.71. The van der Waals surface area contributed by atoms with Crippen molar-refractivity contribution in [3.05, 3.63) is 71.8 Å². The van der Waals surface area contributed by atoms with Crippen molar-refractivity contribution in [3.8, 4) is 0 Å². The molecule has 1 aliphatic heterocycles. The molecule has 1 amide bonds. The second-order valence-corrected chi connectivity index (χ2v) is 8.81. The van der Waals surface area contributed by atoms with Crippen LogP contribution >= 0.6 is 11.8 Å². The van der Waals surface area contributed by atoms with E-state index in [0.29, 0.717) is 0 Å². The van der Waals surface area contributed by atoms with E-state index in [9.17, 15) is 9.18 Å².